The van der Waals surface area contributed by atoms with Crippen molar-refractivity contribution in [2.24, 2.45) is 0 Å². The molecule has 0 saturated carbocycles. The molecule has 3 N–H and O–H groups in total. The van der Waals surface area contributed by atoms with Crippen LogP contribution in [0.5, 0.6) is 5.75 Å². The van der Waals surface area contributed by atoms with Crippen molar-refractivity contribution in [3.8, 4) is 5.75 Å². The number of amides is 1. The van der Waals surface area contributed by atoms with Crippen LogP contribution in [0.15, 0.2) is 53.9 Å². The highest BCUT2D eigenvalue weighted by Gasteiger charge is 2.19. The van der Waals surface area contributed by atoms with E-state index >= 15 is 0 Å². The molecule has 0 bridgehead atoms. The van der Waals surface area contributed by atoms with Crippen molar-refractivity contribution >= 4 is 33.2 Å². The zero-order valence-corrected chi connectivity index (χ0v) is 20.1. The monoisotopic (exact) mass is 489 g/mol. The summed E-state index contributed by atoms with van der Waals surface area (Å²) >= 11 is 1.51. The van der Waals surface area contributed by atoms with Gasteiger partial charge in [0, 0.05) is 11.8 Å². The molecule has 0 unspecified atom stereocenters. The van der Waals surface area contributed by atoms with E-state index in [2.05, 4.69) is 10.3 Å². The summed E-state index contributed by atoms with van der Waals surface area (Å²) in [6.45, 7) is 2.03. The van der Waals surface area contributed by atoms with Crippen molar-refractivity contribution in [1.82, 2.24) is 10.3 Å². The number of hydrogen-bond donors (Lipinski definition) is 3. The van der Waals surface area contributed by atoms with Crippen LogP contribution in [0.25, 0.3) is 0 Å². The number of rotatable bonds is 11. The Morgan fingerprint density at radius 1 is 1.12 bits per heavy atom. The van der Waals surface area contributed by atoms with Gasteiger partial charge in [-0.2, -0.15) is 8.42 Å². The fourth-order valence-corrected chi connectivity index (χ4v) is 4.64. The lowest BCUT2D eigenvalue weighted by Gasteiger charge is -2.17. The summed E-state index contributed by atoms with van der Waals surface area (Å²) in [6.07, 6.45) is 2.25. The van der Waals surface area contributed by atoms with E-state index in [9.17, 15) is 13.2 Å². The minimum Gasteiger partial charge on any atom is -0.497 e. The van der Waals surface area contributed by atoms with Crippen LogP contribution in [0.1, 0.15) is 41.2 Å². The quantitative estimate of drug-likeness (QED) is 0.351. The van der Waals surface area contributed by atoms with E-state index in [0.29, 0.717) is 19.3 Å². The molecule has 0 saturated heterocycles. The molecule has 8 nitrogen and oxygen atoms in total. The van der Waals surface area contributed by atoms with Crippen molar-refractivity contribution in [1.29, 1.82) is 0 Å². The molecule has 0 aliphatic rings. The van der Waals surface area contributed by atoms with Crippen LogP contribution < -0.4 is 14.8 Å². The molecular weight excluding hydrogens is 462 g/mol. The van der Waals surface area contributed by atoms with Crippen LogP contribution in [-0.4, -0.2) is 31.0 Å². The number of ether oxygens (including phenoxy) is 1. The molecule has 1 aromatic heterocycles. The third-order valence-electron chi connectivity index (χ3n) is 5.01. The van der Waals surface area contributed by atoms with Crippen LogP contribution in [-0.2, 0) is 34.4 Å². The number of carbonyl (C=O) groups excluding carboxylic acids is 1. The maximum absolute atomic E-state index is 12.7. The van der Waals surface area contributed by atoms with E-state index in [-0.39, 0.29) is 17.6 Å². The van der Waals surface area contributed by atoms with E-state index in [1.807, 2.05) is 41.3 Å². The van der Waals surface area contributed by atoms with E-state index < -0.39 is 10.3 Å². The molecular formula is C23H27N3O5S2. The second-order valence-electron chi connectivity index (χ2n) is 7.48. The molecule has 176 valence electrons. The van der Waals surface area contributed by atoms with Crippen molar-refractivity contribution in [2.45, 2.75) is 38.6 Å². The topological polar surface area (TPSA) is 118 Å². The second kappa shape index (κ2) is 11.3. The number of thiazole rings is 1. The first-order valence-corrected chi connectivity index (χ1v) is 12.8. The van der Waals surface area contributed by atoms with E-state index in [1.54, 1.807) is 31.4 Å². The van der Waals surface area contributed by atoms with Gasteiger partial charge in [0.2, 0.25) is 5.91 Å². The number of hydrogen-bond acceptors (Lipinski definition) is 6. The summed E-state index contributed by atoms with van der Waals surface area (Å²) in [5.74, 6) is 0.699. The van der Waals surface area contributed by atoms with Crippen LogP contribution in [0.2, 0.25) is 0 Å². The average Bonchev–Trinajstić information content (AvgIpc) is 3.27. The molecule has 0 fully saturated rings. The number of aryl methyl sites for hydroxylation is 2. The number of aromatic nitrogens is 1. The first kappa shape index (κ1) is 24.7. The average molecular weight is 490 g/mol. The van der Waals surface area contributed by atoms with Gasteiger partial charge in [0.15, 0.2) is 0 Å². The normalized spacial score (nSPS) is 12.2. The number of benzene rings is 2. The number of carbonyl (C=O) groups is 1. The number of anilines is 1. The minimum absolute atomic E-state index is 0.0753. The van der Waals surface area contributed by atoms with E-state index in [0.717, 1.165) is 34.0 Å². The largest absolute Gasteiger partial charge is 0.497 e. The Hall–Kier alpha value is -2.95. The Morgan fingerprint density at radius 2 is 1.79 bits per heavy atom. The van der Waals surface area contributed by atoms with Crippen molar-refractivity contribution < 1.29 is 22.5 Å². The first-order chi connectivity index (χ1) is 15.8. The molecule has 33 heavy (non-hydrogen) atoms. The molecule has 1 amide bonds. The SMILES string of the molecule is CCc1csc([C@H](Cc2ccc(NS(=O)(=O)O)cc2)NC(=O)CCc2ccc(OC)cc2)n1. The van der Waals surface area contributed by atoms with Gasteiger partial charge in [-0.15, -0.1) is 11.3 Å². The fraction of sp³-hybridized carbons (Fsp3) is 0.304. The van der Waals surface area contributed by atoms with Gasteiger partial charge in [-0.25, -0.2) is 4.98 Å². The molecule has 0 radical (unpaired) electrons. The fourth-order valence-electron chi connectivity index (χ4n) is 3.26. The molecule has 0 aliphatic carbocycles. The molecule has 2 aromatic carbocycles. The van der Waals surface area contributed by atoms with Gasteiger partial charge in [-0.05, 0) is 54.7 Å². The van der Waals surface area contributed by atoms with Crippen LogP contribution >= 0.6 is 11.3 Å². The Kier molecular flexibility index (Phi) is 8.43. The van der Waals surface area contributed by atoms with E-state index in [1.165, 1.54) is 11.3 Å². The Bertz CT molecular complexity index is 1160. The molecule has 0 spiro atoms. The van der Waals surface area contributed by atoms with Gasteiger partial charge in [-0.3, -0.25) is 14.1 Å². The number of nitrogens with one attached hydrogen (secondary N) is 2. The number of nitrogens with zero attached hydrogens (tertiary/aromatic N) is 1. The highest BCUT2D eigenvalue weighted by molar-refractivity contribution is 7.87. The van der Waals surface area contributed by atoms with Crippen molar-refractivity contribution in [2.75, 3.05) is 11.8 Å². The van der Waals surface area contributed by atoms with Crippen molar-refractivity contribution in [3.05, 3.63) is 75.7 Å². The third-order valence-corrected chi connectivity index (χ3v) is 6.51. The lowest BCUT2D eigenvalue weighted by molar-refractivity contribution is -0.121. The summed E-state index contributed by atoms with van der Waals surface area (Å²) in [5.41, 5.74) is 3.17. The Balaban J connectivity index is 1.68. The van der Waals surface area contributed by atoms with Gasteiger partial charge >= 0.3 is 10.3 Å². The minimum atomic E-state index is -4.33. The molecule has 0 aliphatic heterocycles. The molecule has 3 rings (SSSR count). The van der Waals surface area contributed by atoms with Gasteiger partial charge in [0.05, 0.1) is 24.5 Å². The van der Waals surface area contributed by atoms with Crippen LogP contribution in [0.3, 0.4) is 0 Å². The Labute approximate surface area is 197 Å². The van der Waals surface area contributed by atoms with Gasteiger partial charge in [0.25, 0.3) is 0 Å². The second-order valence-corrected chi connectivity index (χ2v) is 9.52. The zero-order valence-electron chi connectivity index (χ0n) is 18.4. The van der Waals surface area contributed by atoms with Gasteiger partial charge < -0.3 is 10.1 Å². The highest BCUT2D eigenvalue weighted by Crippen LogP contribution is 2.24. The van der Waals surface area contributed by atoms with Gasteiger partial charge in [-0.1, -0.05) is 31.2 Å². The molecule has 3 aromatic rings. The molecule has 10 heteroatoms. The summed E-state index contributed by atoms with van der Waals surface area (Å²) < 4.78 is 38.1. The highest BCUT2D eigenvalue weighted by atomic mass is 32.2. The third kappa shape index (κ3) is 7.85. The van der Waals surface area contributed by atoms with Crippen LogP contribution in [0, 0.1) is 0 Å². The van der Waals surface area contributed by atoms with Gasteiger partial charge in [0.1, 0.15) is 10.8 Å². The van der Waals surface area contributed by atoms with Crippen molar-refractivity contribution in [3.63, 3.8) is 0 Å². The molecule has 1 heterocycles. The number of methoxy groups -OCH3 is 1. The Morgan fingerprint density at radius 3 is 2.36 bits per heavy atom. The van der Waals surface area contributed by atoms with E-state index in [4.69, 9.17) is 9.29 Å². The van der Waals surface area contributed by atoms with Crippen LogP contribution in [0.4, 0.5) is 5.69 Å². The lowest BCUT2D eigenvalue weighted by atomic mass is 10.0. The maximum atomic E-state index is 12.7. The maximum Gasteiger partial charge on any atom is 0.357 e. The summed E-state index contributed by atoms with van der Waals surface area (Å²) in [7, 11) is -2.71. The zero-order chi connectivity index (χ0) is 23.8. The first-order valence-electron chi connectivity index (χ1n) is 10.5. The summed E-state index contributed by atoms with van der Waals surface area (Å²) in [5, 5.41) is 5.91. The summed E-state index contributed by atoms with van der Waals surface area (Å²) in [4.78, 5) is 17.4. The predicted octanol–water partition coefficient (Wildman–Crippen LogP) is 3.96. The lowest BCUT2D eigenvalue weighted by Crippen LogP contribution is -2.30. The molecule has 1 atom stereocenters. The standard InChI is InChI=1S/C23H27N3O5S2/c1-3-18-15-32-23(24-18)21(14-17-4-9-19(10-5-17)26-33(28,29)30)25-22(27)13-8-16-6-11-20(31-2)12-7-16/h4-7,9-12,15,21,26H,3,8,13-14H2,1-2H3,(H,25,27)(H,28,29,30)/t21-/m0/s1. The smallest absolute Gasteiger partial charge is 0.357 e. The summed E-state index contributed by atoms with van der Waals surface area (Å²) in [6, 6.07) is 13.9. The predicted molar refractivity (Wildman–Crippen MR) is 129 cm³/mol.